The van der Waals surface area contributed by atoms with Gasteiger partial charge in [0.15, 0.2) is 5.03 Å². The predicted octanol–water partition coefficient (Wildman–Crippen LogP) is -0.0431. The van der Waals surface area contributed by atoms with Gasteiger partial charge in [-0.2, -0.15) is 4.31 Å². The number of piperidine rings is 1. The Balaban J connectivity index is 2.27. The van der Waals surface area contributed by atoms with E-state index in [4.69, 9.17) is 0 Å². The molecule has 1 amide bonds. The number of nitrogens with one attached hydrogen (secondary N) is 1. The van der Waals surface area contributed by atoms with E-state index in [2.05, 4.69) is 10.3 Å². The maximum atomic E-state index is 12.5. The molecule has 1 fully saturated rings. The fourth-order valence-corrected chi connectivity index (χ4v) is 4.11. The average molecular weight is 300 g/mol. The van der Waals surface area contributed by atoms with Gasteiger partial charge in [-0.1, -0.05) is 0 Å². The van der Waals surface area contributed by atoms with E-state index in [9.17, 15) is 13.2 Å². The molecule has 0 radical (unpaired) electrons. The van der Waals surface area contributed by atoms with Crippen molar-refractivity contribution >= 4 is 15.9 Å². The van der Waals surface area contributed by atoms with Crippen LogP contribution in [0.15, 0.2) is 17.6 Å². The van der Waals surface area contributed by atoms with Gasteiger partial charge >= 0.3 is 0 Å². The summed E-state index contributed by atoms with van der Waals surface area (Å²) in [4.78, 5) is 15.9. The van der Waals surface area contributed by atoms with E-state index in [1.807, 2.05) is 0 Å². The van der Waals surface area contributed by atoms with E-state index in [-0.39, 0.29) is 17.5 Å². The summed E-state index contributed by atoms with van der Waals surface area (Å²) in [6.45, 7) is 2.41. The lowest BCUT2D eigenvalue weighted by molar-refractivity contribution is -0.131. The third-order valence-electron chi connectivity index (χ3n) is 3.72. The molecule has 7 nitrogen and oxygen atoms in total. The van der Waals surface area contributed by atoms with Gasteiger partial charge in [0, 0.05) is 33.4 Å². The number of hydrogen-bond acceptors (Lipinski definition) is 4. The highest BCUT2D eigenvalue weighted by atomic mass is 32.2. The predicted molar refractivity (Wildman–Crippen MR) is 73.4 cm³/mol. The zero-order valence-corrected chi connectivity index (χ0v) is 12.8. The van der Waals surface area contributed by atoms with Crippen LogP contribution in [0.5, 0.6) is 0 Å². The van der Waals surface area contributed by atoms with Crippen molar-refractivity contribution in [3.8, 4) is 0 Å². The van der Waals surface area contributed by atoms with E-state index in [0.29, 0.717) is 19.4 Å². The molecule has 1 atom stereocenters. The van der Waals surface area contributed by atoms with Gasteiger partial charge in [-0.15, -0.1) is 0 Å². The highest BCUT2D eigenvalue weighted by Crippen LogP contribution is 2.32. The molecule has 0 saturated carbocycles. The molecule has 1 aromatic rings. The van der Waals surface area contributed by atoms with Crippen molar-refractivity contribution in [3.05, 3.63) is 12.5 Å². The summed E-state index contributed by atoms with van der Waals surface area (Å²) >= 11 is 0. The molecule has 0 unspecified atom stereocenters. The number of sulfonamides is 1. The van der Waals surface area contributed by atoms with Gasteiger partial charge in [0.1, 0.15) is 0 Å². The highest BCUT2D eigenvalue weighted by molar-refractivity contribution is 7.89. The first kappa shape index (κ1) is 15.0. The molecule has 1 aliphatic heterocycles. The van der Waals surface area contributed by atoms with Crippen molar-refractivity contribution in [1.82, 2.24) is 19.2 Å². The third kappa shape index (κ3) is 2.57. The van der Waals surface area contributed by atoms with Crippen molar-refractivity contribution in [3.63, 3.8) is 0 Å². The van der Waals surface area contributed by atoms with Crippen molar-refractivity contribution < 1.29 is 13.2 Å². The molecule has 0 aromatic carbocycles. The van der Waals surface area contributed by atoms with Crippen molar-refractivity contribution in [1.29, 1.82) is 0 Å². The first-order valence-electron chi connectivity index (χ1n) is 6.50. The molecule has 20 heavy (non-hydrogen) atoms. The van der Waals surface area contributed by atoms with E-state index >= 15 is 0 Å². The van der Waals surface area contributed by atoms with Gasteiger partial charge < -0.3 is 9.88 Å². The molecule has 0 aliphatic carbocycles. The van der Waals surface area contributed by atoms with Crippen LogP contribution < -0.4 is 5.32 Å². The molecule has 0 spiro atoms. The lowest BCUT2D eigenvalue weighted by Crippen LogP contribution is -2.51. The maximum absolute atomic E-state index is 12.5. The number of carbonyl (C=O) groups is 1. The van der Waals surface area contributed by atoms with Crippen LogP contribution in [-0.2, 0) is 21.9 Å². The number of aromatic nitrogens is 2. The normalized spacial score (nSPS) is 24.6. The second-order valence-corrected chi connectivity index (χ2v) is 7.34. The van der Waals surface area contributed by atoms with Crippen LogP contribution in [-0.4, -0.2) is 48.3 Å². The topological polar surface area (TPSA) is 84.3 Å². The second-order valence-electron chi connectivity index (χ2n) is 5.46. The number of nitrogens with zero attached hydrogens (tertiary/aromatic N) is 3. The Morgan fingerprint density at radius 1 is 1.50 bits per heavy atom. The van der Waals surface area contributed by atoms with Crippen molar-refractivity contribution in [2.24, 2.45) is 12.5 Å². The monoisotopic (exact) mass is 300 g/mol. The van der Waals surface area contributed by atoms with E-state index < -0.39 is 15.4 Å². The van der Waals surface area contributed by atoms with Crippen LogP contribution in [0.25, 0.3) is 0 Å². The largest absolute Gasteiger partial charge is 0.359 e. The summed E-state index contributed by atoms with van der Waals surface area (Å²) in [5.41, 5.74) is -0.686. The number of imidazole rings is 1. The van der Waals surface area contributed by atoms with Crippen LogP contribution in [0.1, 0.15) is 19.8 Å². The summed E-state index contributed by atoms with van der Waals surface area (Å²) in [7, 11) is -0.344. The van der Waals surface area contributed by atoms with Gasteiger partial charge in [0.2, 0.25) is 5.91 Å². The van der Waals surface area contributed by atoms with Crippen LogP contribution in [0.3, 0.4) is 0 Å². The Morgan fingerprint density at radius 3 is 2.75 bits per heavy atom. The Kier molecular flexibility index (Phi) is 3.88. The molecule has 0 bridgehead atoms. The fourth-order valence-electron chi connectivity index (χ4n) is 2.54. The lowest BCUT2D eigenvalue weighted by Gasteiger charge is -2.37. The van der Waals surface area contributed by atoms with Crippen LogP contribution in [0, 0.1) is 5.41 Å². The van der Waals surface area contributed by atoms with E-state index in [1.165, 1.54) is 16.8 Å². The Hall–Kier alpha value is -1.41. The smallest absolute Gasteiger partial charge is 0.262 e. The van der Waals surface area contributed by atoms with Gasteiger partial charge in [0.25, 0.3) is 10.0 Å². The summed E-state index contributed by atoms with van der Waals surface area (Å²) in [6, 6.07) is 0. The van der Waals surface area contributed by atoms with Crippen molar-refractivity contribution in [2.45, 2.75) is 24.8 Å². The minimum absolute atomic E-state index is 0.0288. The number of rotatable bonds is 3. The number of aryl methyl sites for hydroxylation is 1. The highest BCUT2D eigenvalue weighted by Gasteiger charge is 2.41. The molecule has 1 aliphatic rings. The number of carbonyl (C=O) groups excluding carboxylic acids is 1. The zero-order chi connectivity index (χ0) is 15.0. The Labute approximate surface area is 119 Å². The van der Waals surface area contributed by atoms with Crippen molar-refractivity contribution in [2.75, 3.05) is 20.1 Å². The van der Waals surface area contributed by atoms with Crippen LogP contribution in [0.4, 0.5) is 0 Å². The van der Waals surface area contributed by atoms with Gasteiger partial charge in [0.05, 0.1) is 11.7 Å². The molecule has 112 valence electrons. The minimum Gasteiger partial charge on any atom is -0.359 e. The van der Waals surface area contributed by atoms with Crippen LogP contribution >= 0.6 is 0 Å². The van der Waals surface area contributed by atoms with Gasteiger partial charge in [-0.25, -0.2) is 13.4 Å². The quantitative estimate of drug-likeness (QED) is 0.848. The van der Waals surface area contributed by atoms with E-state index in [0.717, 1.165) is 0 Å². The molecule has 2 heterocycles. The molecule has 1 N–H and O–H groups in total. The number of hydrogen-bond donors (Lipinski definition) is 1. The molecule has 1 saturated heterocycles. The zero-order valence-electron chi connectivity index (χ0n) is 12.0. The molecule has 1 aromatic heterocycles. The van der Waals surface area contributed by atoms with Crippen LogP contribution in [0.2, 0.25) is 0 Å². The molecular weight excluding hydrogens is 280 g/mol. The molecule has 2 rings (SSSR count). The average Bonchev–Trinajstić information content (AvgIpc) is 2.85. The van der Waals surface area contributed by atoms with E-state index in [1.54, 1.807) is 25.6 Å². The fraction of sp³-hybridized carbons (Fsp3) is 0.667. The second kappa shape index (κ2) is 5.17. The van der Waals surface area contributed by atoms with Gasteiger partial charge in [-0.05, 0) is 19.8 Å². The third-order valence-corrected chi connectivity index (χ3v) is 5.45. The van der Waals surface area contributed by atoms with Gasteiger partial charge in [-0.3, -0.25) is 4.79 Å². The standard InChI is InChI=1S/C12H20N4O3S/c1-12(11(17)13-2)5-4-6-16(8-12)20(18,19)10-7-15(3)9-14-10/h7,9H,4-6,8H2,1-3H3,(H,13,17)/t12-/m1/s1. The maximum Gasteiger partial charge on any atom is 0.262 e. The number of amides is 1. The minimum atomic E-state index is -3.63. The summed E-state index contributed by atoms with van der Waals surface area (Å²) in [5.74, 6) is -0.126. The summed E-state index contributed by atoms with van der Waals surface area (Å²) in [6.07, 6.45) is 4.27. The SMILES string of the molecule is CNC(=O)[C@]1(C)CCCN(S(=O)(=O)c2cn(C)cn2)C1. The Morgan fingerprint density at radius 2 is 2.20 bits per heavy atom. The first-order chi connectivity index (χ1) is 9.29. The lowest BCUT2D eigenvalue weighted by atomic mass is 9.82. The molecule has 8 heteroatoms. The summed E-state index contributed by atoms with van der Waals surface area (Å²) < 4.78 is 28.0. The molecular formula is C12H20N4O3S. The Bertz CT molecular complexity index is 610. The first-order valence-corrected chi connectivity index (χ1v) is 7.94. The summed E-state index contributed by atoms with van der Waals surface area (Å²) in [5, 5.41) is 2.64.